The van der Waals surface area contributed by atoms with Crippen LogP contribution in [-0.2, 0) is 29.2 Å². The molecule has 1 saturated heterocycles. The second-order valence-corrected chi connectivity index (χ2v) is 19.5. The van der Waals surface area contributed by atoms with Crippen LogP contribution in [0.5, 0.6) is 0 Å². The molecule has 3 saturated carbocycles. The number of likely N-dealkylation sites (tertiary alicyclic amines) is 1. The number of hydrogen-bond acceptors (Lipinski definition) is 7. The number of urea groups is 1. The van der Waals surface area contributed by atoms with Gasteiger partial charge in [-0.3, -0.25) is 19.2 Å². The molecule has 0 aromatic rings. The van der Waals surface area contributed by atoms with Gasteiger partial charge in [0.15, 0.2) is 0 Å². The molecule has 49 heavy (non-hydrogen) atoms. The maximum atomic E-state index is 14.9. The van der Waals surface area contributed by atoms with Gasteiger partial charge in [0.05, 0.1) is 12.3 Å². The van der Waals surface area contributed by atoms with Crippen LogP contribution in [0.4, 0.5) is 4.79 Å². The van der Waals surface area contributed by atoms with Crippen LogP contribution >= 0.6 is 0 Å². The fourth-order valence-corrected chi connectivity index (χ4v) is 8.76. The Bertz CT molecular complexity index is 1400. The number of carbonyl (C=O) groups is 5. The Morgan fingerprint density at radius 1 is 0.939 bits per heavy atom. The van der Waals surface area contributed by atoms with E-state index in [9.17, 15) is 32.4 Å². The lowest BCUT2D eigenvalue weighted by molar-refractivity contribution is -0.145. The van der Waals surface area contributed by atoms with Crippen molar-refractivity contribution in [3.63, 3.8) is 0 Å². The SMILES string of the molecule is CN(C[C@@H](NC(=O)N[C@H](C(=O)N1C[C@H]2[C@H](CCC2(C)C)[C@H]1C(=O)NC(CC1CC1)C(=O)C(N)=O)C1(C)CCCCC1)C(C)(C)C)S(C)(=O)=O. The molecule has 1 unspecified atom stereocenters. The number of hydrogen-bond donors (Lipinski definition) is 4. The Morgan fingerprint density at radius 3 is 2.08 bits per heavy atom. The van der Waals surface area contributed by atoms with Crippen LogP contribution in [0.2, 0.25) is 0 Å². The van der Waals surface area contributed by atoms with Gasteiger partial charge in [0.2, 0.25) is 27.6 Å². The van der Waals surface area contributed by atoms with Gasteiger partial charge in [0.1, 0.15) is 12.1 Å². The molecule has 0 spiro atoms. The summed E-state index contributed by atoms with van der Waals surface area (Å²) in [5, 5.41) is 8.82. The number of amides is 5. The number of Topliss-reactive ketones (excluding diaryl/α,β-unsaturated/α-hetero) is 1. The Kier molecular flexibility index (Phi) is 11.5. The van der Waals surface area contributed by atoms with E-state index in [1.807, 2.05) is 27.7 Å². The van der Waals surface area contributed by atoms with Crippen molar-refractivity contribution in [2.24, 2.45) is 39.7 Å². The Morgan fingerprint density at radius 2 is 1.55 bits per heavy atom. The Hall–Kier alpha value is -2.74. The molecule has 5 N–H and O–H groups in total. The average molecular weight is 709 g/mol. The van der Waals surface area contributed by atoms with E-state index in [-0.39, 0.29) is 35.6 Å². The molecule has 5 amide bonds. The van der Waals surface area contributed by atoms with Gasteiger partial charge >= 0.3 is 6.03 Å². The van der Waals surface area contributed by atoms with E-state index in [1.54, 1.807) is 4.90 Å². The van der Waals surface area contributed by atoms with Crippen molar-refractivity contribution in [3.8, 4) is 0 Å². The summed E-state index contributed by atoms with van der Waals surface area (Å²) in [6.07, 6.45) is 9.14. The average Bonchev–Trinajstić information content (AvgIpc) is 3.64. The van der Waals surface area contributed by atoms with Gasteiger partial charge in [-0.25, -0.2) is 17.5 Å². The van der Waals surface area contributed by atoms with Crippen LogP contribution in [0.25, 0.3) is 0 Å². The first kappa shape index (κ1) is 39.1. The summed E-state index contributed by atoms with van der Waals surface area (Å²) < 4.78 is 25.6. The molecule has 278 valence electrons. The molecule has 0 aromatic carbocycles. The predicted octanol–water partition coefficient (Wildman–Crippen LogP) is 2.53. The molecule has 6 atom stereocenters. The van der Waals surface area contributed by atoms with E-state index in [0.717, 1.165) is 51.2 Å². The van der Waals surface area contributed by atoms with Crippen molar-refractivity contribution in [3.05, 3.63) is 0 Å². The number of nitrogens with two attached hydrogens (primary N) is 1. The molecule has 4 aliphatic rings. The lowest BCUT2D eigenvalue weighted by Crippen LogP contribution is -2.63. The number of likely N-dealkylation sites (N-methyl/N-ethyl adjacent to an activating group) is 1. The molecule has 13 nitrogen and oxygen atoms in total. The van der Waals surface area contributed by atoms with Gasteiger partial charge < -0.3 is 26.6 Å². The van der Waals surface area contributed by atoms with E-state index in [2.05, 4.69) is 29.8 Å². The molecule has 4 fully saturated rings. The molecule has 0 aromatic heterocycles. The van der Waals surface area contributed by atoms with Crippen molar-refractivity contribution in [2.75, 3.05) is 26.4 Å². The fraction of sp³-hybridized carbons (Fsp3) is 0.857. The topological polar surface area (TPSA) is 188 Å². The number of carbonyl (C=O) groups excluding carboxylic acids is 5. The van der Waals surface area contributed by atoms with Gasteiger partial charge in [0.25, 0.3) is 5.91 Å². The molecule has 4 rings (SSSR count). The van der Waals surface area contributed by atoms with Crippen LogP contribution in [0.1, 0.15) is 106 Å². The number of rotatable bonds is 13. The second kappa shape index (κ2) is 14.5. The Labute approximate surface area is 292 Å². The van der Waals surface area contributed by atoms with Gasteiger partial charge in [-0.05, 0) is 66.1 Å². The van der Waals surface area contributed by atoms with Crippen LogP contribution < -0.4 is 21.7 Å². The molecule has 14 heteroatoms. The fourth-order valence-electron chi connectivity index (χ4n) is 8.34. The van der Waals surface area contributed by atoms with Gasteiger partial charge in [0, 0.05) is 26.2 Å². The predicted molar refractivity (Wildman–Crippen MR) is 186 cm³/mol. The summed E-state index contributed by atoms with van der Waals surface area (Å²) in [7, 11) is -2.04. The highest BCUT2D eigenvalue weighted by atomic mass is 32.2. The minimum atomic E-state index is -3.51. The number of nitrogens with one attached hydrogen (secondary N) is 3. The number of primary amides is 1. The minimum absolute atomic E-state index is 0.0337. The molecular formula is C35H60N6O7S. The second-order valence-electron chi connectivity index (χ2n) is 17.4. The van der Waals surface area contributed by atoms with E-state index < -0.39 is 68.6 Å². The molecule has 1 heterocycles. The summed E-state index contributed by atoms with van der Waals surface area (Å²) in [6.45, 7) is 12.4. The minimum Gasteiger partial charge on any atom is -0.363 e. The molecule has 1 aliphatic heterocycles. The van der Waals surface area contributed by atoms with Crippen LogP contribution in [0.15, 0.2) is 0 Å². The standard InChI is InChI=1S/C35H60N6O7S/c1-33(2,3)25(20-40(7)49(8,47)48)38-32(46)39-28(35(6)15-10-9-11-16-35)31(45)41-19-23-22(14-17-34(23,4)5)26(41)30(44)37-24(18-21-12-13-21)27(42)29(36)43/h21-26,28H,9-20H2,1-8H3,(H2,36,43)(H,37,44)(H2,38,39,46)/t22-,23-,24?,25+,26-,28+/m0/s1. The quantitative estimate of drug-likeness (QED) is 0.212. The number of sulfonamides is 1. The van der Waals surface area contributed by atoms with E-state index in [0.29, 0.717) is 25.8 Å². The number of fused-ring (bicyclic) bond motifs is 1. The summed E-state index contributed by atoms with van der Waals surface area (Å²) in [5.41, 5.74) is 4.14. The highest BCUT2D eigenvalue weighted by Crippen LogP contribution is 2.53. The van der Waals surface area contributed by atoms with Crippen molar-refractivity contribution in [1.29, 1.82) is 0 Å². The van der Waals surface area contributed by atoms with E-state index in [4.69, 9.17) is 5.73 Å². The summed E-state index contributed by atoms with van der Waals surface area (Å²) in [6, 6.07) is -4.01. The third kappa shape index (κ3) is 9.14. The first-order valence-corrected chi connectivity index (χ1v) is 19.8. The van der Waals surface area contributed by atoms with Crippen molar-refractivity contribution in [2.45, 2.75) is 130 Å². The van der Waals surface area contributed by atoms with E-state index in [1.165, 1.54) is 11.4 Å². The first-order valence-electron chi connectivity index (χ1n) is 18.0. The third-order valence-electron chi connectivity index (χ3n) is 12.0. The van der Waals surface area contributed by atoms with Gasteiger partial charge in [-0.2, -0.15) is 0 Å². The number of ketones is 1. The molecule has 3 aliphatic carbocycles. The van der Waals surface area contributed by atoms with Gasteiger partial charge in [-0.15, -0.1) is 0 Å². The zero-order valence-electron chi connectivity index (χ0n) is 30.8. The lowest BCUT2D eigenvalue weighted by Gasteiger charge is -2.43. The van der Waals surface area contributed by atoms with Gasteiger partial charge in [-0.1, -0.05) is 73.6 Å². The zero-order valence-corrected chi connectivity index (χ0v) is 31.6. The van der Waals surface area contributed by atoms with Crippen molar-refractivity contribution < 1.29 is 32.4 Å². The molecular weight excluding hydrogens is 648 g/mol. The summed E-state index contributed by atoms with van der Waals surface area (Å²) in [5.74, 6) is -2.61. The zero-order chi connectivity index (χ0) is 36.7. The normalized spacial score (nSPS) is 26.7. The molecule has 0 bridgehead atoms. The maximum absolute atomic E-state index is 14.9. The van der Waals surface area contributed by atoms with Crippen molar-refractivity contribution in [1.82, 2.24) is 25.2 Å². The number of nitrogens with zero attached hydrogens (tertiary/aromatic N) is 2. The van der Waals surface area contributed by atoms with Crippen LogP contribution in [-0.4, -0.2) is 97.7 Å². The van der Waals surface area contributed by atoms with Crippen molar-refractivity contribution >= 4 is 39.6 Å². The highest BCUT2D eigenvalue weighted by Gasteiger charge is 2.58. The van der Waals surface area contributed by atoms with Crippen LogP contribution in [0, 0.1) is 34.0 Å². The Balaban J connectivity index is 1.64. The maximum Gasteiger partial charge on any atom is 0.315 e. The largest absolute Gasteiger partial charge is 0.363 e. The highest BCUT2D eigenvalue weighted by molar-refractivity contribution is 7.88. The first-order chi connectivity index (χ1) is 22.5. The molecule has 0 radical (unpaired) electrons. The summed E-state index contributed by atoms with van der Waals surface area (Å²) in [4.78, 5) is 69.3. The lowest BCUT2D eigenvalue weighted by atomic mass is 9.70. The van der Waals surface area contributed by atoms with E-state index >= 15 is 0 Å². The monoisotopic (exact) mass is 708 g/mol. The summed E-state index contributed by atoms with van der Waals surface area (Å²) >= 11 is 0. The van der Waals surface area contributed by atoms with Crippen LogP contribution in [0.3, 0.4) is 0 Å². The smallest absolute Gasteiger partial charge is 0.315 e. The third-order valence-corrected chi connectivity index (χ3v) is 13.3.